The zero-order valence-electron chi connectivity index (χ0n) is 16.9. The van der Waals surface area contributed by atoms with E-state index < -0.39 is 23.4 Å². The highest BCUT2D eigenvalue weighted by Gasteiger charge is 2.34. The van der Waals surface area contributed by atoms with Crippen molar-refractivity contribution in [1.82, 2.24) is 0 Å². The van der Waals surface area contributed by atoms with Gasteiger partial charge in [-0.2, -0.15) is 13.2 Å². The second kappa shape index (κ2) is 9.73. The molecule has 10 heteroatoms. The van der Waals surface area contributed by atoms with Gasteiger partial charge in [-0.3, -0.25) is 0 Å². The molecular formula is C22H17F3N2O4S. The van der Waals surface area contributed by atoms with E-state index in [4.69, 9.17) is 9.47 Å². The molecule has 0 spiro atoms. The molecule has 3 aromatic carbocycles. The van der Waals surface area contributed by atoms with Crippen LogP contribution in [0.1, 0.15) is 21.5 Å². The number of hydrogen-bond acceptors (Lipinski definition) is 7. The molecule has 0 bridgehead atoms. The Bertz CT molecular complexity index is 1140. The molecular weight excluding hydrogens is 445 g/mol. The standard InChI is InChI=1S/C22H17F3N2O4S/c1-13-3-7-16(8-4-13)32-27-19-9-5-14(11-17(19)21(28)30-2)31-15-6-10-20(26-29)18(12-15)22(23,24)25/h3-12,27H,1-2H3. The normalized spacial score (nSPS) is 11.0. The van der Waals surface area contributed by atoms with Crippen LogP contribution < -0.4 is 9.46 Å². The second-order valence-electron chi connectivity index (χ2n) is 6.59. The summed E-state index contributed by atoms with van der Waals surface area (Å²) in [5.41, 5.74) is -0.284. The minimum Gasteiger partial charge on any atom is -0.465 e. The number of aryl methyl sites for hydroxylation is 1. The summed E-state index contributed by atoms with van der Waals surface area (Å²) in [6.07, 6.45) is -4.78. The van der Waals surface area contributed by atoms with Gasteiger partial charge >= 0.3 is 12.1 Å². The van der Waals surface area contributed by atoms with E-state index in [-0.39, 0.29) is 17.1 Å². The van der Waals surface area contributed by atoms with Crippen molar-refractivity contribution >= 4 is 29.3 Å². The van der Waals surface area contributed by atoms with Gasteiger partial charge in [0.05, 0.1) is 23.9 Å². The first-order valence-electron chi connectivity index (χ1n) is 9.15. The van der Waals surface area contributed by atoms with E-state index in [1.54, 1.807) is 6.07 Å². The van der Waals surface area contributed by atoms with Crippen molar-refractivity contribution in [3.63, 3.8) is 0 Å². The van der Waals surface area contributed by atoms with Gasteiger partial charge in [0.15, 0.2) is 0 Å². The number of methoxy groups -OCH3 is 1. The number of ether oxygens (including phenoxy) is 2. The van der Waals surface area contributed by atoms with Crippen molar-refractivity contribution in [2.24, 2.45) is 5.18 Å². The summed E-state index contributed by atoms with van der Waals surface area (Å²) in [6, 6.07) is 14.9. The van der Waals surface area contributed by atoms with Gasteiger partial charge in [0.25, 0.3) is 0 Å². The van der Waals surface area contributed by atoms with Gasteiger partial charge in [-0.1, -0.05) is 17.7 Å². The summed E-state index contributed by atoms with van der Waals surface area (Å²) in [7, 11) is 1.22. The van der Waals surface area contributed by atoms with E-state index in [0.717, 1.165) is 16.5 Å². The molecule has 0 heterocycles. The Hall–Kier alpha value is -3.53. The van der Waals surface area contributed by atoms with Crippen LogP contribution in [0.25, 0.3) is 0 Å². The number of carbonyl (C=O) groups excluding carboxylic acids is 1. The molecule has 0 aromatic heterocycles. The van der Waals surface area contributed by atoms with Crippen LogP contribution in [-0.2, 0) is 10.9 Å². The third-order valence-corrected chi connectivity index (χ3v) is 5.13. The molecule has 0 fully saturated rings. The topological polar surface area (TPSA) is 77.0 Å². The van der Waals surface area contributed by atoms with Crippen LogP contribution >= 0.6 is 11.9 Å². The lowest BCUT2D eigenvalue weighted by Crippen LogP contribution is -2.06. The van der Waals surface area contributed by atoms with E-state index in [1.165, 1.54) is 37.3 Å². The van der Waals surface area contributed by atoms with Crippen molar-refractivity contribution in [1.29, 1.82) is 0 Å². The molecule has 6 nitrogen and oxygen atoms in total. The van der Waals surface area contributed by atoms with Gasteiger partial charge in [-0.25, -0.2) is 4.79 Å². The van der Waals surface area contributed by atoms with E-state index in [1.807, 2.05) is 31.2 Å². The molecule has 166 valence electrons. The Balaban J connectivity index is 1.86. The number of anilines is 1. The monoisotopic (exact) mass is 462 g/mol. The van der Waals surface area contributed by atoms with Crippen molar-refractivity contribution in [3.05, 3.63) is 82.3 Å². The summed E-state index contributed by atoms with van der Waals surface area (Å²) in [5, 5.41) is 2.40. The molecule has 0 unspecified atom stereocenters. The van der Waals surface area contributed by atoms with Crippen LogP contribution in [-0.4, -0.2) is 13.1 Å². The maximum Gasteiger partial charge on any atom is 0.418 e. The smallest absolute Gasteiger partial charge is 0.418 e. The molecule has 0 aliphatic carbocycles. The molecule has 0 saturated carbocycles. The number of benzene rings is 3. The van der Waals surface area contributed by atoms with Gasteiger partial charge < -0.3 is 14.2 Å². The first-order valence-corrected chi connectivity index (χ1v) is 9.97. The van der Waals surface area contributed by atoms with Crippen LogP contribution in [0, 0.1) is 11.8 Å². The van der Waals surface area contributed by atoms with Crippen LogP contribution in [0.2, 0.25) is 0 Å². The Labute approximate surface area is 185 Å². The Morgan fingerprint density at radius 1 is 1.00 bits per heavy atom. The molecule has 0 aliphatic heterocycles. The lowest BCUT2D eigenvalue weighted by atomic mass is 10.1. The fourth-order valence-corrected chi connectivity index (χ4v) is 3.37. The van der Waals surface area contributed by atoms with E-state index >= 15 is 0 Å². The lowest BCUT2D eigenvalue weighted by molar-refractivity contribution is -0.137. The van der Waals surface area contributed by atoms with Crippen LogP contribution in [0.4, 0.5) is 24.5 Å². The Morgan fingerprint density at radius 3 is 2.28 bits per heavy atom. The number of hydrogen-bond donors (Lipinski definition) is 1. The van der Waals surface area contributed by atoms with E-state index in [0.29, 0.717) is 11.8 Å². The first-order chi connectivity index (χ1) is 15.2. The van der Waals surface area contributed by atoms with Crippen molar-refractivity contribution in [2.45, 2.75) is 18.0 Å². The largest absolute Gasteiger partial charge is 0.465 e. The maximum absolute atomic E-state index is 13.1. The number of nitrogens with zero attached hydrogens (tertiary/aromatic N) is 1. The summed E-state index contributed by atoms with van der Waals surface area (Å²) in [4.78, 5) is 23.8. The highest BCUT2D eigenvalue weighted by atomic mass is 32.2. The number of rotatable bonds is 7. The third kappa shape index (κ3) is 5.58. The highest BCUT2D eigenvalue weighted by Crippen LogP contribution is 2.39. The van der Waals surface area contributed by atoms with Gasteiger partial charge in [0, 0.05) is 4.90 Å². The minimum absolute atomic E-state index is 0.108. The number of alkyl halides is 3. The van der Waals surface area contributed by atoms with Crippen LogP contribution in [0.3, 0.4) is 0 Å². The van der Waals surface area contributed by atoms with Crippen molar-refractivity contribution in [2.75, 3.05) is 11.8 Å². The first kappa shape index (κ1) is 23.1. The summed E-state index contributed by atoms with van der Waals surface area (Å²) < 4.78 is 52.8. The number of esters is 1. The Kier molecular flexibility index (Phi) is 7.04. The van der Waals surface area contributed by atoms with E-state index in [2.05, 4.69) is 9.90 Å². The van der Waals surface area contributed by atoms with Crippen molar-refractivity contribution < 1.29 is 27.4 Å². The SMILES string of the molecule is COC(=O)c1cc(Oc2ccc(N=O)c(C(F)(F)F)c2)ccc1NSc1ccc(C)cc1. The predicted molar refractivity (Wildman–Crippen MR) is 115 cm³/mol. The number of nitrogens with one attached hydrogen (secondary N) is 1. The van der Waals surface area contributed by atoms with Gasteiger partial charge in [0.2, 0.25) is 0 Å². The highest BCUT2D eigenvalue weighted by molar-refractivity contribution is 8.00. The lowest BCUT2D eigenvalue weighted by Gasteiger charge is -2.14. The molecule has 0 radical (unpaired) electrons. The zero-order valence-corrected chi connectivity index (χ0v) is 17.7. The average molecular weight is 462 g/mol. The molecule has 1 N–H and O–H groups in total. The molecule has 32 heavy (non-hydrogen) atoms. The molecule has 0 saturated heterocycles. The van der Waals surface area contributed by atoms with Gasteiger partial charge in [0.1, 0.15) is 17.2 Å². The number of nitroso groups, excluding NO2 is 1. The second-order valence-corrected chi connectivity index (χ2v) is 7.47. The zero-order chi connectivity index (χ0) is 23.3. The summed E-state index contributed by atoms with van der Waals surface area (Å²) in [5.74, 6) is -0.717. The van der Waals surface area contributed by atoms with Crippen molar-refractivity contribution in [3.8, 4) is 11.5 Å². The quantitative estimate of drug-likeness (QED) is 0.229. The summed E-state index contributed by atoms with van der Waals surface area (Å²) in [6.45, 7) is 1.97. The Morgan fingerprint density at radius 2 is 1.66 bits per heavy atom. The predicted octanol–water partition coefficient (Wildman–Crippen LogP) is 7.11. The maximum atomic E-state index is 13.1. The van der Waals surface area contributed by atoms with Crippen LogP contribution in [0.15, 0.2) is 70.7 Å². The molecule has 0 aliphatic rings. The fourth-order valence-electron chi connectivity index (χ4n) is 2.70. The van der Waals surface area contributed by atoms with E-state index in [9.17, 15) is 22.9 Å². The molecule has 0 amide bonds. The minimum atomic E-state index is -4.78. The third-order valence-electron chi connectivity index (χ3n) is 4.30. The van der Waals surface area contributed by atoms with Crippen LogP contribution in [0.5, 0.6) is 11.5 Å². The van der Waals surface area contributed by atoms with Gasteiger partial charge in [-0.05, 0) is 72.6 Å². The molecule has 3 aromatic rings. The summed E-state index contributed by atoms with van der Waals surface area (Å²) >= 11 is 1.28. The molecule has 0 atom stereocenters. The number of carbonyl (C=O) groups is 1. The fraction of sp³-hybridized carbons (Fsp3) is 0.136. The number of halogens is 3. The average Bonchev–Trinajstić information content (AvgIpc) is 2.78. The van der Waals surface area contributed by atoms with Gasteiger partial charge in [-0.15, -0.1) is 4.91 Å². The molecule has 3 rings (SSSR count).